The number of nitrogens with one attached hydrogen (secondary N) is 1. The summed E-state index contributed by atoms with van der Waals surface area (Å²) < 4.78 is 29.9. The average Bonchev–Trinajstić information content (AvgIpc) is 2.49. The number of hydrogen-bond donors (Lipinski definition) is 2. The van der Waals surface area contributed by atoms with Crippen molar-refractivity contribution in [1.82, 2.24) is 5.32 Å². The summed E-state index contributed by atoms with van der Waals surface area (Å²) >= 11 is 0. The highest BCUT2D eigenvalue weighted by molar-refractivity contribution is 7.85. The van der Waals surface area contributed by atoms with Crippen LogP contribution >= 0.6 is 0 Å². The van der Waals surface area contributed by atoms with E-state index in [4.69, 9.17) is 4.55 Å². The topological polar surface area (TPSA) is 66.4 Å². The van der Waals surface area contributed by atoms with Crippen molar-refractivity contribution in [3.05, 3.63) is 0 Å². The van der Waals surface area contributed by atoms with Crippen LogP contribution in [0.5, 0.6) is 0 Å². The highest BCUT2D eigenvalue weighted by Gasteiger charge is 2.27. The second-order valence-electron chi connectivity index (χ2n) is 5.11. The Morgan fingerprint density at radius 3 is 2.24 bits per heavy atom. The monoisotopic (exact) mass is 263 g/mol. The van der Waals surface area contributed by atoms with E-state index in [-0.39, 0.29) is 11.3 Å². The van der Waals surface area contributed by atoms with E-state index in [2.05, 4.69) is 12.2 Å². The van der Waals surface area contributed by atoms with E-state index < -0.39 is 10.1 Å². The van der Waals surface area contributed by atoms with Gasteiger partial charge in [-0.1, -0.05) is 32.6 Å². The van der Waals surface area contributed by atoms with Crippen LogP contribution < -0.4 is 5.32 Å². The first-order valence-electron chi connectivity index (χ1n) is 6.68. The van der Waals surface area contributed by atoms with Gasteiger partial charge in [-0.05, 0) is 32.2 Å². The van der Waals surface area contributed by atoms with Crippen molar-refractivity contribution in [3.8, 4) is 0 Å². The van der Waals surface area contributed by atoms with Crippen molar-refractivity contribution >= 4 is 10.1 Å². The zero-order valence-electron chi connectivity index (χ0n) is 10.7. The van der Waals surface area contributed by atoms with Gasteiger partial charge in [-0.2, -0.15) is 8.42 Å². The van der Waals surface area contributed by atoms with Crippen molar-refractivity contribution < 1.29 is 13.0 Å². The molecule has 0 heterocycles. The fraction of sp³-hybridized carbons (Fsp3) is 1.00. The van der Waals surface area contributed by atoms with Crippen LogP contribution in [0.3, 0.4) is 0 Å². The molecular formula is C12H25NO3S. The first kappa shape index (κ1) is 14.9. The molecule has 1 rings (SSSR count). The predicted octanol–water partition coefficient (Wildman–Crippen LogP) is 2.36. The zero-order chi connectivity index (χ0) is 12.8. The van der Waals surface area contributed by atoms with Crippen LogP contribution in [-0.2, 0) is 10.1 Å². The summed E-state index contributed by atoms with van der Waals surface area (Å²) in [6, 6.07) is 0. The minimum atomic E-state index is -3.80. The van der Waals surface area contributed by atoms with Gasteiger partial charge in [-0.3, -0.25) is 4.55 Å². The van der Waals surface area contributed by atoms with Gasteiger partial charge in [-0.25, -0.2) is 0 Å². The Labute approximate surface area is 105 Å². The molecule has 0 aliphatic heterocycles. The number of hydrogen-bond acceptors (Lipinski definition) is 3. The zero-order valence-corrected chi connectivity index (χ0v) is 11.6. The molecule has 0 bridgehead atoms. The maximum Gasteiger partial charge on any atom is 0.264 e. The Morgan fingerprint density at radius 2 is 1.76 bits per heavy atom. The van der Waals surface area contributed by atoms with Crippen LogP contribution in [0.4, 0.5) is 0 Å². The molecular weight excluding hydrogens is 238 g/mol. The summed E-state index contributed by atoms with van der Waals surface area (Å²) in [5.41, 5.74) is 0.204. The lowest BCUT2D eigenvalue weighted by Gasteiger charge is -2.33. The van der Waals surface area contributed by atoms with Gasteiger partial charge in [0.05, 0.1) is 5.75 Å². The lowest BCUT2D eigenvalue weighted by molar-refractivity contribution is 0.275. The van der Waals surface area contributed by atoms with Crippen LogP contribution in [0.1, 0.15) is 58.3 Å². The molecule has 0 unspecified atom stereocenters. The molecule has 17 heavy (non-hydrogen) atoms. The van der Waals surface area contributed by atoms with E-state index >= 15 is 0 Å². The van der Waals surface area contributed by atoms with E-state index in [1.54, 1.807) is 0 Å². The van der Waals surface area contributed by atoms with Crippen LogP contribution in [0, 0.1) is 0 Å². The van der Waals surface area contributed by atoms with Crippen LogP contribution in [0.15, 0.2) is 0 Å². The van der Waals surface area contributed by atoms with Crippen molar-refractivity contribution in [3.63, 3.8) is 0 Å². The SMILES string of the molecule is CCC1(NCCCS(=O)(=O)O)CCCCCC1. The Kier molecular flexibility index (Phi) is 5.89. The van der Waals surface area contributed by atoms with Gasteiger partial charge < -0.3 is 5.32 Å². The summed E-state index contributed by atoms with van der Waals surface area (Å²) in [6.45, 7) is 2.87. The Hall–Kier alpha value is -0.130. The first-order chi connectivity index (χ1) is 7.97. The van der Waals surface area contributed by atoms with Crippen molar-refractivity contribution in [2.45, 2.75) is 63.8 Å². The second-order valence-corrected chi connectivity index (χ2v) is 6.69. The van der Waals surface area contributed by atoms with Gasteiger partial charge >= 0.3 is 0 Å². The molecule has 5 heteroatoms. The molecule has 102 valence electrons. The molecule has 1 aliphatic carbocycles. The molecule has 0 saturated heterocycles. The molecule has 0 aromatic heterocycles. The van der Waals surface area contributed by atoms with Gasteiger partial charge in [0, 0.05) is 5.54 Å². The van der Waals surface area contributed by atoms with Crippen molar-refractivity contribution in [2.75, 3.05) is 12.3 Å². The minimum Gasteiger partial charge on any atom is -0.311 e. The third-order valence-electron chi connectivity index (χ3n) is 3.82. The third kappa shape index (κ3) is 5.84. The van der Waals surface area contributed by atoms with E-state index in [9.17, 15) is 8.42 Å². The summed E-state index contributed by atoms with van der Waals surface area (Å²) in [6.07, 6.45) is 9.12. The van der Waals surface area contributed by atoms with Gasteiger partial charge in [0.1, 0.15) is 0 Å². The van der Waals surface area contributed by atoms with Gasteiger partial charge in [-0.15, -0.1) is 0 Å². The smallest absolute Gasteiger partial charge is 0.264 e. The molecule has 0 atom stereocenters. The summed E-state index contributed by atoms with van der Waals surface area (Å²) in [7, 11) is -3.80. The van der Waals surface area contributed by atoms with Gasteiger partial charge in [0.2, 0.25) is 0 Å². The molecule has 0 amide bonds. The Bertz CT molecular complexity index is 306. The number of rotatable bonds is 6. The average molecular weight is 263 g/mol. The van der Waals surface area contributed by atoms with Gasteiger partial charge in [0.25, 0.3) is 10.1 Å². The summed E-state index contributed by atoms with van der Waals surface area (Å²) in [4.78, 5) is 0. The molecule has 0 spiro atoms. The molecule has 1 saturated carbocycles. The highest BCUT2D eigenvalue weighted by Crippen LogP contribution is 2.29. The van der Waals surface area contributed by atoms with Crippen LogP contribution in [0.25, 0.3) is 0 Å². The summed E-state index contributed by atoms with van der Waals surface area (Å²) in [5, 5.41) is 3.52. The van der Waals surface area contributed by atoms with Crippen LogP contribution in [0.2, 0.25) is 0 Å². The second kappa shape index (κ2) is 6.71. The standard InChI is InChI=1S/C12H25NO3S/c1-2-12(8-5-3-4-6-9-12)13-10-7-11-17(14,15)16/h13H,2-11H2,1H3,(H,14,15,16). The maximum absolute atomic E-state index is 10.6. The normalized spacial score (nSPS) is 21.1. The van der Waals surface area contributed by atoms with E-state index in [0.717, 1.165) is 6.42 Å². The minimum absolute atomic E-state index is 0.139. The van der Waals surface area contributed by atoms with E-state index in [1.807, 2.05) is 0 Å². The fourth-order valence-electron chi connectivity index (χ4n) is 2.67. The molecule has 1 fully saturated rings. The van der Waals surface area contributed by atoms with Crippen LogP contribution in [-0.4, -0.2) is 30.8 Å². The molecule has 1 aliphatic rings. The largest absolute Gasteiger partial charge is 0.311 e. The van der Waals surface area contributed by atoms with Crippen molar-refractivity contribution in [1.29, 1.82) is 0 Å². The third-order valence-corrected chi connectivity index (χ3v) is 4.62. The predicted molar refractivity (Wildman–Crippen MR) is 69.8 cm³/mol. The maximum atomic E-state index is 10.6. The van der Waals surface area contributed by atoms with E-state index in [1.165, 1.54) is 38.5 Å². The molecule has 4 nitrogen and oxygen atoms in total. The molecule has 2 N–H and O–H groups in total. The molecule has 0 radical (unpaired) electrons. The Morgan fingerprint density at radius 1 is 1.18 bits per heavy atom. The van der Waals surface area contributed by atoms with Crippen molar-refractivity contribution in [2.24, 2.45) is 0 Å². The Balaban J connectivity index is 2.35. The quantitative estimate of drug-likeness (QED) is 0.438. The van der Waals surface area contributed by atoms with Gasteiger partial charge in [0.15, 0.2) is 0 Å². The first-order valence-corrected chi connectivity index (χ1v) is 8.29. The summed E-state index contributed by atoms with van der Waals surface area (Å²) in [5.74, 6) is -0.139. The fourth-order valence-corrected chi connectivity index (χ4v) is 3.18. The molecule has 0 aromatic rings. The lowest BCUT2D eigenvalue weighted by atomic mass is 9.87. The lowest BCUT2D eigenvalue weighted by Crippen LogP contribution is -2.45. The van der Waals surface area contributed by atoms with E-state index in [0.29, 0.717) is 13.0 Å². The highest BCUT2D eigenvalue weighted by atomic mass is 32.2. The molecule has 0 aromatic carbocycles.